The van der Waals surface area contributed by atoms with Crippen molar-refractivity contribution < 1.29 is 48.6 Å². The van der Waals surface area contributed by atoms with E-state index in [0.717, 1.165) is 17.5 Å². The van der Waals surface area contributed by atoms with Crippen molar-refractivity contribution in [1.29, 1.82) is 0 Å². The molecule has 2 saturated heterocycles. The second kappa shape index (κ2) is 11.9. The van der Waals surface area contributed by atoms with Crippen LogP contribution in [0.3, 0.4) is 0 Å². The monoisotopic (exact) mass is 726 g/mol. The summed E-state index contributed by atoms with van der Waals surface area (Å²) in [5.74, 6) is -0.374. The summed E-state index contributed by atoms with van der Waals surface area (Å²) in [5, 5.41) is 37.3. The Bertz CT molecular complexity index is 1910. The highest BCUT2D eigenvalue weighted by Gasteiger charge is 2.97. The molecule has 6 fully saturated rings. The number of hydrogen-bond acceptors (Lipinski definition) is 10. The van der Waals surface area contributed by atoms with Gasteiger partial charge in [-0.25, -0.2) is 0 Å². The van der Waals surface area contributed by atoms with E-state index in [0.29, 0.717) is 50.2 Å². The molecule has 282 valence electrons. The van der Waals surface area contributed by atoms with Gasteiger partial charge in [0.2, 0.25) is 5.78 Å². The summed E-state index contributed by atoms with van der Waals surface area (Å²) in [6.07, 6.45) is -0.876. The molecule has 0 aromatic heterocycles. The summed E-state index contributed by atoms with van der Waals surface area (Å²) in [6, 6.07) is 19.8. The number of ketones is 2. The van der Waals surface area contributed by atoms with Gasteiger partial charge in [-0.3, -0.25) is 9.59 Å². The zero-order valence-electron chi connectivity index (χ0n) is 30.9. The highest BCUT2D eigenvalue weighted by Crippen LogP contribution is 2.92. The van der Waals surface area contributed by atoms with E-state index in [2.05, 4.69) is 6.92 Å². The number of Topliss-reactive ketones (excluding diaryl/α,β-unsaturated/α-hetero) is 2. The van der Waals surface area contributed by atoms with Crippen LogP contribution in [0, 0.1) is 33.5 Å². The number of fused-ring (bicyclic) bond motifs is 2. The molecule has 2 aromatic carbocycles. The molecule has 10 atom stereocenters. The van der Waals surface area contributed by atoms with E-state index in [9.17, 15) is 20.1 Å². The molecule has 0 amide bonds. The van der Waals surface area contributed by atoms with Crippen molar-refractivity contribution in [1.82, 2.24) is 0 Å². The molecule has 1 unspecified atom stereocenters. The Hall–Kier alpha value is -3.22. The first-order valence-corrected chi connectivity index (χ1v) is 19.0. The van der Waals surface area contributed by atoms with Gasteiger partial charge in [0.15, 0.2) is 11.5 Å². The molecule has 10 rings (SSSR count). The van der Waals surface area contributed by atoms with Crippen LogP contribution in [-0.2, 0) is 46.5 Å². The fourth-order valence-electron chi connectivity index (χ4n) is 13.1. The number of carbonyl (C=O) groups is 2. The molecule has 53 heavy (non-hydrogen) atoms. The normalized spacial score (nSPS) is 41.5. The average Bonchev–Trinajstić information content (AvgIpc) is 3.60. The molecule has 2 aliphatic heterocycles. The molecular weight excluding hydrogens is 676 g/mol. The van der Waals surface area contributed by atoms with E-state index in [-0.39, 0.29) is 42.2 Å². The van der Waals surface area contributed by atoms with Gasteiger partial charge in [0.25, 0.3) is 0 Å². The van der Waals surface area contributed by atoms with Crippen molar-refractivity contribution in [3.8, 4) is 0 Å². The molecule has 4 saturated carbocycles. The van der Waals surface area contributed by atoms with E-state index in [4.69, 9.17) is 23.7 Å². The van der Waals surface area contributed by atoms with Gasteiger partial charge in [-0.15, -0.1) is 0 Å². The van der Waals surface area contributed by atoms with Crippen LogP contribution in [0.25, 0.3) is 0 Å². The van der Waals surface area contributed by atoms with E-state index in [1.54, 1.807) is 0 Å². The number of aliphatic hydroxyl groups excluding tert-OH is 2. The van der Waals surface area contributed by atoms with Crippen LogP contribution in [0.5, 0.6) is 0 Å². The summed E-state index contributed by atoms with van der Waals surface area (Å²) >= 11 is 0. The van der Waals surface area contributed by atoms with Gasteiger partial charge in [0.05, 0.1) is 45.1 Å². The van der Waals surface area contributed by atoms with Gasteiger partial charge in [-0.1, -0.05) is 81.4 Å². The number of ether oxygens (including phenoxy) is 5. The van der Waals surface area contributed by atoms with E-state index in [1.807, 2.05) is 74.5 Å². The van der Waals surface area contributed by atoms with Crippen molar-refractivity contribution in [3.63, 3.8) is 0 Å². The highest BCUT2D eigenvalue weighted by atomic mass is 16.7. The third kappa shape index (κ3) is 4.18. The number of hydrogen-bond donors (Lipinski definition) is 3. The number of rotatable bonds is 12. The zero-order valence-corrected chi connectivity index (χ0v) is 30.9. The Morgan fingerprint density at radius 1 is 0.943 bits per heavy atom. The van der Waals surface area contributed by atoms with Crippen molar-refractivity contribution in [2.24, 2.45) is 33.5 Å². The van der Waals surface area contributed by atoms with Gasteiger partial charge in [0.1, 0.15) is 30.2 Å². The van der Waals surface area contributed by atoms with E-state index >= 15 is 4.79 Å². The second-order valence-electron chi connectivity index (χ2n) is 17.3. The maximum absolute atomic E-state index is 15.4. The predicted octanol–water partition coefficient (Wildman–Crippen LogP) is 4.59. The van der Waals surface area contributed by atoms with Crippen molar-refractivity contribution in [3.05, 3.63) is 94.3 Å². The van der Waals surface area contributed by atoms with Crippen LogP contribution in [0.15, 0.2) is 83.1 Å². The first kappa shape index (κ1) is 35.5. The van der Waals surface area contributed by atoms with Crippen LogP contribution in [0.2, 0.25) is 0 Å². The number of carbonyl (C=O) groups excluding carboxylic acids is 2. The minimum Gasteiger partial charge on any atom is -0.493 e. The molecule has 10 heteroatoms. The fourth-order valence-corrected chi connectivity index (χ4v) is 13.1. The second-order valence-corrected chi connectivity index (χ2v) is 17.3. The van der Waals surface area contributed by atoms with Gasteiger partial charge < -0.3 is 39.0 Å². The van der Waals surface area contributed by atoms with E-state index in [1.165, 1.54) is 7.11 Å². The maximum Gasteiger partial charge on any atom is 0.224 e. The molecule has 6 aliphatic carbocycles. The summed E-state index contributed by atoms with van der Waals surface area (Å²) in [5.41, 5.74) is -3.87. The lowest BCUT2D eigenvalue weighted by molar-refractivity contribution is -0.350. The molecule has 2 heterocycles. The smallest absolute Gasteiger partial charge is 0.224 e. The molecule has 10 nitrogen and oxygen atoms in total. The van der Waals surface area contributed by atoms with Crippen LogP contribution in [0.4, 0.5) is 0 Å². The minimum absolute atomic E-state index is 0.00837. The SMILES string of the molecule is COC1=C2C(C)(C)[C@H]3O[C@@]2(CC3=O)[C@@H](O)C2=C(C1=O)[C@]13[C@@H](OCOCc4ccccc4)C[C@]([C@@H]4C[C@H]4COCc4ccccc4)(C1(O)CO)[C@]3(C)CC2. The Labute approximate surface area is 310 Å². The van der Waals surface area contributed by atoms with Crippen LogP contribution >= 0.6 is 0 Å². The van der Waals surface area contributed by atoms with Gasteiger partial charge in [-0.05, 0) is 59.6 Å². The number of benzene rings is 2. The van der Waals surface area contributed by atoms with Crippen molar-refractivity contribution in [2.45, 2.75) is 95.6 Å². The zero-order chi connectivity index (χ0) is 37.2. The van der Waals surface area contributed by atoms with Crippen molar-refractivity contribution >= 4 is 11.6 Å². The average molecular weight is 727 g/mol. The van der Waals surface area contributed by atoms with Gasteiger partial charge in [-0.2, -0.15) is 0 Å². The minimum atomic E-state index is -1.78. The third-order valence-corrected chi connectivity index (χ3v) is 15.0. The predicted molar refractivity (Wildman–Crippen MR) is 191 cm³/mol. The largest absolute Gasteiger partial charge is 0.493 e. The molecule has 8 aliphatic rings. The lowest BCUT2D eigenvalue weighted by Gasteiger charge is -2.76. The fraction of sp³-hybridized carbons (Fsp3) is 0.581. The van der Waals surface area contributed by atoms with Crippen LogP contribution < -0.4 is 0 Å². The summed E-state index contributed by atoms with van der Waals surface area (Å²) in [7, 11) is 1.43. The summed E-state index contributed by atoms with van der Waals surface area (Å²) < 4.78 is 31.4. The van der Waals surface area contributed by atoms with E-state index < -0.39 is 63.6 Å². The van der Waals surface area contributed by atoms with Crippen LogP contribution in [0.1, 0.15) is 64.0 Å². The Balaban J connectivity index is 1.13. The summed E-state index contributed by atoms with van der Waals surface area (Å²) in [6.45, 7) is 6.44. The van der Waals surface area contributed by atoms with Gasteiger partial charge >= 0.3 is 0 Å². The number of allylic oxidation sites excluding steroid dienone is 1. The maximum atomic E-state index is 15.4. The summed E-state index contributed by atoms with van der Waals surface area (Å²) in [4.78, 5) is 28.7. The Morgan fingerprint density at radius 2 is 1.60 bits per heavy atom. The standard InChI is InChI=1S/C43H50O10/c1-38(2)35-34(49-4)33(46)32-28(36(47)40(35)18-30(45)37(38)53-40)15-16-39(3)41(29-17-27(29)22-50-20-25-11-7-5-8-12-25)19-31(43(32,39)42(41,48)23-44)52-24-51-21-26-13-9-6-10-14-26/h5-14,27,29,31,36-37,44,47-48H,15-24H2,1-4H3/t27-,29+,31-,36-,37-,39-,40+,41+,42?,43-/m0/s1. The third-order valence-electron chi connectivity index (χ3n) is 15.0. The highest BCUT2D eigenvalue weighted by molar-refractivity contribution is 6.12. The Morgan fingerprint density at radius 3 is 2.25 bits per heavy atom. The molecule has 2 aromatic rings. The van der Waals surface area contributed by atoms with Crippen LogP contribution in [-0.4, -0.2) is 83.5 Å². The van der Waals surface area contributed by atoms with Crippen molar-refractivity contribution in [2.75, 3.05) is 27.1 Å². The number of aliphatic hydroxyl groups is 3. The Kier molecular flexibility index (Phi) is 7.96. The lowest BCUT2D eigenvalue weighted by atomic mass is 9.28. The molecule has 4 bridgehead atoms. The lowest BCUT2D eigenvalue weighted by Crippen LogP contribution is -2.83. The first-order valence-electron chi connectivity index (χ1n) is 19.0. The quantitative estimate of drug-likeness (QED) is 0.210. The number of methoxy groups -OCH3 is 1. The first-order chi connectivity index (χ1) is 25.4. The molecule has 0 radical (unpaired) electrons. The molecule has 2 spiro atoms. The van der Waals surface area contributed by atoms with Gasteiger partial charge in [0, 0.05) is 28.4 Å². The topological polar surface area (TPSA) is 141 Å². The molecule has 3 N–H and O–H groups in total. The molecular formula is C43H50O10.